The van der Waals surface area contributed by atoms with Crippen molar-refractivity contribution in [3.63, 3.8) is 0 Å². The van der Waals surface area contributed by atoms with Gasteiger partial charge in [0.15, 0.2) is 0 Å². The predicted octanol–water partition coefficient (Wildman–Crippen LogP) is 2.29. The van der Waals surface area contributed by atoms with Gasteiger partial charge in [-0.3, -0.25) is 4.79 Å². The fourth-order valence-electron chi connectivity index (χ4n) is 4.87. The molecule has 1 amide bonds. The standard InChI is InChI=1S/C20H26N4O3/c1-26-12-17(25)23-16-8-11-24(20(16)9-3-4-10-20)19-18-14(21-13-22-19)6-5-7-15(18)27-2/h5-7,13,16H,3-4,8-12H2,1-2H3,(H,23,25). The van der Waals surface area contributed by atoms with Gasteiger partial charge in [0.2, 0.25) is 5.91 Å². The first kappa shape index (κ1) is 18.0. The second-order valence-corrected chi connectivity index (χ2v) is 7.36. The summed E-state index contributed by atoms with van der Waals surface area (Å²) in [4.78, 5) is 23.7. The van der Waals surface area contributed by atoms with Crippen LogP contribution >= 0.6 is 0 Å². The number of methoxy groups -OCH3 is 2. The molecule has 4 rings (SSSR count). The summed E-state index contributed by atoms with van der Waals surface area (Å²) in [5.41, 5.74) is 0.769. The Bertz CT molecular complexity index is 830. The molecular weight excluding hydrogens is 344 g/mol. The molecule has 2 fully saturated rings. The van der Waals surface area contributed by atoms with Gasteiger partial charge in [-0.15, -0.1) is 0 Å². The molecule has 27 heavy (non-hydrogen) atoms. The molecule has 2 heterocycles. The second-order valence-electron chi connectivity index (χ2n) is 7.36. The van der Waals surface area contributed by atoms with E-state index in [0.717, 1.165) is 61.1 Å². The normalized spacial score (nSPS) is 21.1. The Morgan fingerprint density at radius 3 is 2.85 bits per heavy atom. The second kappa shape index (κ2) is 7.31. The number of hydrogen-bond acceptors (Lipinski definition) is 6. The molecule has 2 aliphatic rings. The average Bonchev–Trinajstić information content (AvgIpc) is 3.30. The maximum atomic E-state index is 12.2. The Morgan fingerprint density at radius 1 is 1.30 bits per heavy atom. The van der Waals surface area contributed by atoms with Crippen LogP contribution in [0.2, 0.25) is 0 Å². The smallest absolute Gasteiger partial charge is 0.246 e. The van der Waals surface area contributed by atoms with Crippen molar-refractivity contribution < 1.29 is 14.3 Å². The molecule has 1 unspecified atom stereocenters. The number of carbonyl (C=O) groups is 1. The van der Waals surface area contributed by atoms with Crippen LogP contribution in [0.5, 0.6) is 5.75 Å². The number of fused-ring (bicyclic) bond motifs is 1. The van der Waals surface area contributed by atoms with Gasteiger partial charge in [0.25, 0.3) is 0 Å². The van der Waals surface area contributed by atoms with E-state index in [1.807, 2.05) is 18.2 Å². The molecule has 1 saturated carbocycles. The average molecular weight is 370 g/mol. The van der Waals surface area contributed by atoms with Crippen molar-refractivity contribution in [3.05, 3.63) is 24.5 Å². The SMILES string of the molecule is COCC(=O)NC1CCN(c2ncnc3cccc(OC)c23)C12CCCC2. The van der Waals surface area contributed by atoms with Crippen LogP contribution in [0.15, 0.2) is 24.5 Å². The van der Waals surface area contributed by atoms with Gasteiger partial charge in [-0.1, -0.05) is 18.9 Å². The van der Waals surface area contributed by atoms with E-state index >= 15 is 0 Å². The van der Waals surface area contributed by atoms with E-state index in [2.05, 4.69) is 20.2 Å². The van der Waals surface area contributed by atoms with Crippen LogP contribution in [-0.4, -0.2) is 54.8 Å². The van der Waals surface area contributed by atoms with Gasteiger partial charge in [-0.05, 0) is 31.4 Å². The molecule has 0 radical (unpaired) electrons. The van der Waals surface area contributed by atoms with Crippen molar-refractivity contribution in [1.82, 2.24) is 15.3 Å². The molecule has 1 spiro atoms. The van der Waals surface area contributed by atoms with E-state index in [-0.39, 0.29) is 24.1 Å². The zero-order chi connectivity index (χ0) is 18.9. The molecule has 0 bridgehead atoms. The van der Waals surface area contributed by atoms with E-state index in [1.54, 1.807) is 20.5 Å². The van der Waals surface area contributed by atoms with E-state index in [9.17, 15) is 4.79 Å². The Hall–Kier alpha value is -2.41. The van der Waals surface area contributed by atoms with E-state index in [4.69, 9.17) is 9.47 Å². The molecule has 1 aromatic heterocycles. The fraction of sp³-hybridized carbons (Fsp3) is 0.550. The Balaban J connectivity index is 1.76. The zero-order valence-electron chi connectivity index (χ0n) is 15.9. The van der Waals surface area contributed by atoms with Gasteiger partial charge in [0.1, 0.15) is 24.5 Å². The lowest BCUT2D eigenvalue weighted by Crippen LogP contribution is -2.55. The molecule has 1 N–H and O–H groups in total. The summed E-state index contributed by atoms with van der Waals surface area (Å²) in [6, 6.07) is 5.98. The number of aromatic nitrogens is 2. The van der Waals surface area contributed by atoms with Crippen molar-refractivity contribution in [3.8, 4) is 5.75 Å². The van der Waals surface area contributed by atoms with Crippen LogP contribution in [0.1, 0.15) is 32.1 Å². The first-order valence-corrected chi connectivity index (χ1v) is 9.53. The van der Waals surface area contributed by atoms with Crippen LogP contribution in [0, 0.1) is 0 Å². The lowest BCUT2D eigenvalue weighted by atomic mass is 9.88. The molecule has 1 aliphatic heterocycles. The van der Waals surface area contributed by atoms with Gasteiger partial charge in [-0.25, -0.2) is 9.97 Å². The third-order valence-corrected chi connectivity index (χ3v) is 5.99. The summed E-state index contributed by atoms with van der Waals surface area (Å²) < 4.78 is 10.6. The minimum atomic E-state index is -0.106. The molecule has 7 heteroatoms. The largest absolute Gasteiger partial charge is 0.496 e. The van der Waals surface area contributed by atoms with E-state index < -0.39 is 0 Å². The number of hydrogen-bond donors (Lipinski definition) is 1. The number of ether oxygens (including phenoxy) is 2. The van der Waals surface area contributed by atoms with Gasteiger partial charge in [0, 0.05) is 13.7 Å². The third kappa shape index (κ3) is 3.00. The monoisotopic (exact) mass is 370 g/mol. The molecular formula is C20H26N4O3. The Morgan fingerprint density at radius 2 is 2.11 bits per heavy atom. The summed E-state index contributed by atoms with van der Waals surface area (Å²) in [5.74, 6) is 1.63. The minimum Gasteiger partial charge on any atom is -0.496 e. The van der Waals surface area contributed by atoms with E-state index in [0.29, 0.717) is 0 Å². The van der Waals surface area contributed by atoms with Crippen molar-refractivity contribution in [1.29, 1.82) is 0 Å². The number of rotatable bonds is 5. The van der Waals surface area contributed by atoms with Gasteiger partial charge < -0.3 is 19.7 Å². The number of carbonyl (C=O) groups excluding carboxylic acids is 1. The first-order valence-electron chi connectivity index (χ1n) is 9.53. The van der Waals surface area contributed by atoms with Crippen LogP contribution < -0.4 is 15.0 Å². The van der Waals surface area contributed by atoms with Crippen LogP contribution in [-0.2, 0) is 9.53 Å². The van der Waals surface area contributed by atoms with Crippen LogP contribution in [0.4, 0.5) is 5.82 Å². The quantitative estimate of drug-likeness (QED) is 0.870. The predicted molar refractivity (Wildman–Crippen MR) is 103 cm³/mol. The number of nitrogens with zero attached hydrogens (tertiary/aromatic N) is 3. The Labute approximate surface area is 159 Å². The molecule has 1 saturated heterocycles. The molecule has 1 aromatic carbocycles. The number of amides is 1. The highest BCUT2D eigenvalue weighted by molar-refractivity contribution is 5.95. The number of nitrogens with one attached hydrogen (secondary N) is 1. The zero-order valence-corrected chi connectivity index (χ0v) is 15.9. The number of anilines is 1. The summed E-state index contributed by atoms with van der Waals surface area (Å²) in [7, 11) is 3.22. The highest BCUT2D eigenvalue weighted by Gasteiger charge is 2.51. The highest BCUT2D eigenvalue weighted by Crippen LogP contribution is 2.47. The third-order valence-electron chi connectivity index (χ3n) is 5.99. The molecule has 7 nitrogen and oxygen atoms in total. The van der Waals surface area contributed by atoms with E-state index in [1.165, 1.54) is 0 Å². The lowest BCUT2D eigenvalue weighted by molar-refractivity contribution is -0.125. The molecule has 1 atom stereocenters. The fourth-order valence-corrected chi connectivity index (χ4v) is 4.87. The number of benzene rings is 1. The van der Waals surface area contributed by atoms with Gasteiger partial charge in [0.05, 0.1) is 29.6 Å². The highest BCUT2D eigenvalue weighted by atomic mass is 16.5. The molecule has 2 aromatic rings. The van der Waals surface area contributed by atoms with Crippen molar-refractivity contribution in [2.75, 3.05) is 32.3 Å². The summed E-state index contributed by atoms with van der Waals surface area (Å²) in [6.45, 7) is 0.943. The summed E-state index contributed by atoms with van der Waals surface area (Å²) in [5, 5.41) is 4.15. The van der Waals surface area contributed by atoms with Crippen LogP contribution in [0.25, 0.3) is 10.9 Å². The van der Waals surface area contributed by atoms with Crippen molar-refractivity contribution in [2.24, 2.45) is 0 Å². The summed E-state index contributed by atoms with van der Waals surface area (Å²) >= 11 is 0. The minimum absolute atomic E-state index is 0.0549. The van der Waals surface area contributed by atoms with Gasteiger partial charge >= 0.3 is 0 Å². The van der Waals surface area contributed by atoms with Gasteiger partial charge in [-0.2, -0.15) is 0 Å². The lowest BCUT2D eigenvalue weighted by Gasteiger charge is -2.40. The van der Waals surface area contributed by atoms with Crippen LogP contribution in [0.3, 0.4) is 0 Å². The topological polar surface area (TPSA) is 76.6 Å². The maximum absolute atomic E-state index is 12.2. The van der Waals surface area contributed by atoms with Crippen molar-refractivity contribution in [2.45, 2.75) is 43.7 Å². The van der Waals surface area contributed by atoms with Crippen molar-refractivity contribution >= 4 is 22.6 Å². The molecule has 144 valence electrons. The molecule has 1 aliphatic carbocycles. The maximum Gasteiger partial charge on any atom is 0.246 e. The Kier molecular flexibility index (Phi) is 4.86. The summed E-state index contributed by atoms with van der Waals surface area (Å²) in [6.07, 6.45) is 6.93. The first-order chi connectivity index (χ1) is 13.2.